The van der Waals surface area contributed by atoms with Gasteiger partial charge in [-0.1, -0.05) is 48.0 Å². The summed E-state index contributed by atoms with van der Waals surface area (Å²) in [7, 11) is 3.10. The van der Waals surface area contributed by atoms with E-state index in [0.717, 1.165) is 27.2 Å². The summed E-state index contributed by atoms with van der Waals surface area (Å²) in [5.41, 5.74) is 3.45. The first-order valence-corrected chi connectivity index (χ1v) is 9.78. The first-order chi connectivity index (χ1) is 14.4. The minimum absolute atomic E-state index is 0.344. The van der Waals surface area contributed by atoms with Crippen molar-refractivity contribution in [3.05, 3.63) is 86.2 Å². The highest BCUT2D eigenvalue weighted by molar-refractivity contribution is 6.30. The predicted molar refractivity (Wildman–Crippen MR) is 118 cm³/mol. The van der Waals surface area contributed by atoms with Gasteiger partial charge in [-0.15, -0.1) is 0 Å². The molecule has 8 heteroatoms. The molecule has 0 radical (unpaired) electrons. The molecule has 3 aromatic heterocycles. The molecule has 0 aliphatic heterocycles. The number of rotatable bonds is 2. The smallest absolute Gasteiger partial charge is 0.279 e. The molecule has 0 spiro atoms. The largest absolute Gasteiger partial charge is 0.332 e. The van der Waals surface area contributed by atoms with E-state index in [1.807, 2.05) is 70.5 Å². The molecule has 0 fully saturated rings. The van der Waals surface area contributed by atoms with E-state index < -0.39 is 5.69 Å². The summed E-state index contributed by atoms with van der Waals surface area (Å²) in [5.74, 6) is 0.543. The number of aryl methyl sites for hydroxylation is 2. The van der Waals surface area contributed by atoms with Crippen molar-refractivity contribution in [2.45, 2.75) is 6.92 Å². The van der Waals surface area contributed by atoms with Crippen LogP contribution in [0.1, 0.15) is 5.69 Å². The number of imidazole rings is 2. The fourth-order valence-corrected chi connectivity index (χ4v) is 4.20. The second-order valence-electron chi connectivity index (χ2n) is 7.24. The van der Waals surface area contributed by atoms with Crippen molar-refractivity contribution in [3.8, 4) is 16.9 Å². The van der Waals surface area contributed by atoms with Crippen molar-refractivity contribution in [2.24, 2.45) is 14.1 Å². The van der Waals surface area contributed by atoms with Crippen LogP contribution in [-0.2, 0) is 14.1 Å². The van der Waals surface area contributed by atoms with Gasteiger partial charge in [-0.25, -0.2) is 4.79 Å². The third kappa shape index (κ3) is 2.42. The Morgan fingerprint density at radius 2 is 1.67 bits per heavy atom. The monoisotopic (exact) mass is 419 g/mol. The van der Waals surface area contributed by atoms with Crippen molar-refractivity contribution >= 4 is 28.5 Å². The summed E-state index contributed by atoms with van der Waals surface area (Å²) < 4.78 is 6.29. The highest BCUT2D eigenvalue weighted by Gasteiger charge is 2.24. The van der Waals surface area contributed by atoms with Crippen molar-refractivity contribution in [1.82, 2.24) is 23.1 Å². The van der Waals surface area contributed by atoms with Crippen LogP contribution in [0.5, 0.6) is 0 Å². The molecule has 7 nitrogen and oxygen atoms in total. The first-order valence-electron chi connectivity index (χ1n) is 9.41. The molecule has 0 aliphatic rings. The normalized spacial score (nSPS) is 11.6. The third-order valence-electron chi connectivity index (χ3n) is 5.46. The molecule has 0 bridgehead atoms. The average molecular weight is 420 g/mol. The highest BCUT2D eigenvalue weighted by atomic mass is 35.5. The Bertz CT molecular complexity index is 1570. The van der Waals surface area contributed by atoms with Gasteiger partial charge in [0.15, 0.2) is 11.2 Å². The number of halogens is 1. The summed E-state index contributed by atoms with van der Waals surface area (Å²) >= 11 is 6.28. The molecule has 0 amide bonds. The lowest BCUT2D eigenvalue weighted by molar-refractivity contribution is 0.707. The van der Waals surface area contributed by atoms with Crippen LogP contribution >= 0.6 is 11.6 Å². The molecular formula is C22H18ClN5O2. The Hall–Kier alpha value is -3.58. The van der Waals surface area contributed by atoms with Crippen LogP contribution in [0.25, 0.3) is 33.9 Å². The SMILES string of the molecule is Cc1c(-c2ccccc2)n(-c2cccc(Cl)c2)c2nc3c(c(=O)n(C)c(=O)n3C)n12. The molecule has 0 saturated carbocycles. The van der Waals surface area contributed by atoms with Crippen molar-refractivity contribution in [2.75, 3.05) is 0 Å². The number of hydrogen-bond donors (Lipinski definition) is 0. The summed E-state index contributed by atoms with van der Waals surface area (Å²) in [6.45, 7) is 1.95. The van der Waals surface area contributed by atoms with Crippen LogP contribution in [-0.4, -0.2) is 23.1 Å². The number of fused-ring (bicyclic) bond motifs is 3. The molecule has 0 unspecified atom stereocenters. The Labute approximate surface area is 176 Å². The second kappa shape index (κ2) is 6.47. The van der Waals surface area contributed by atoms with Gasteiger partial charge >= 0.3 is 5.69 Å². The van der Waals surface area contributed by atoms with Gasteiger partial charge in [-0.2, -0.15) is 4.98 Å². The van der Waals surface area contributed by atoms with Crippen LogP contribution in [0.3, 0.4) is 0 Å². The molecular weight excluding hydrogens is 402 g/mol. The summed E-state index contributed by atoms with van der Waals surface area (Å²) in [4.78, 5) is 30.2. The summed E-state index contributed by atoms with van der Waals surface area (Å²) in [5, 5.41) is 0.593. The molecule has 3 heterocycles. The Morgan fingerprint density at radius 3 is 2.37 bits per heavy atom. The standard InChI is InChI=1S/C22H18ClN5O2/c1-13-17(14-8-5-4-6-9-14)28(16-11-7-10-15(23)12-16)21-24-19-18(27(13)21)20(29)26(3)22(30)25(19)2/h4-12H,1-3H3. The quantitative estimate of drug-likeness (QED) is 0.441. The van der Waals surface area contributed by atoms with E-state index in [1.54, 1.807) is 7.05 Å². The Balaban J connectivity index is 2.05. The van der Waals surface area contributed by atoms with Gasteiger partial charge in [-0.3, -0.25) is 22.9 Å². The van der Waals surface area contributed by atoms with Gasteiger partial charge in [0.05, 0.1) is 11.4 Å². The summed E-state index contributed by atoms with van der Waals surface area (Å²) in [6.07, 6.45) is 0. The van der Waals surface area contributed by atoms with Gasteiger partial charge < -0.3 is 0 Å². The van der Waals surface area contributed by atoms with E-state index in [-0.39, 0.29) is 5.56 Å². The molecule has 30 heavy (non-hydrogen) atoms. The molecule has 5 rings (SSSR count). The molecule has 0 atom stereocenters. The second-order valence-corrected chi connectivity index (χ2v) is 7.68. The Morgan fingerprint density at radius 1 is 0.933 bits per heavy atom. The zero-order valence-electron chi connectivity index (χ0n) is 16.6. The highest BCUT2D eigenvalue weighted by Crippen LogP contribution is 2.33. The lowest BCUT2D eigenvalue weighted by atomic mass is 10.1. The van der Waals surface area contributed by atoms with E-state index in [9.17, 15) is 9.59 Å². The van der Waals surface area contributed by atoms with Gasteiger partial charge in [0.1, 0.15) is 0 Å². The van der Waals surface area contributed by atoms with Crippen LogP contribution in [0.4, 0.5) is 0 Å². The number of aromatic nitrogens is 5. The fourth-order valence-electron chi connectivity index (χ4n) is 4.01. The Kier molecular flexibility index (Phi) is 3.98. The zero-order valence-corrected chi connectivity index (χ0v) is 17.4. The average Bonchev–Trinajstić information content (AvgIpc) is 3.27. The lowest BCUT2D eigenvalue weighted by Crippen LogP contribution is -2.37. The molecule has 2 aromatic carbocycles. The van der Waals surface area contributed by atoms with Crippen molar-refractivity contribution in [1.29, 1.82) is 0 Å². The van der Waals surface area contributed by atoms with E-state index in [1.165, 1.54) is 11.6 Å². The van der Waals surface area contributed by atoms with Gasteiger partial charge in [0, 0.05) is 30.4 Å². The van der Waals surface area contributed by atoms with Crippen molar-refractivity contribution in [3.63, 3.8) is 0 Å². The third-order valence-corrected chi connectivity index (χ3v) is 5.69. The molecule has 0 N–H and O–H groups in total. The van der Waals surface area contributed by atoms with Crippen molar-refractivity contribution < 1.29 is 0 Å². The first kappa shape index (κ1) is 18.4. The molecule has 5 aromatic rings. The van der Waals surface area contributed by atoms with Crippen LogP contribution in [0.2, 0.25) is 5.02 Å². The topological polar surface area (TPSA) is 66.2 Å². The van der Waals surface area contributed by atoms with E-state index in [2.05, 4.69) is 0 Å². The van der Waals surface area contributed by atoms with E-state index in [0.29, 0.717) is 22.0 Å². The number of benzene rings is 2. The number of hydrogen-bond acceptors (Lipinski definition) is 3. The fraction of sp³-hybridized carbons (Fsp3) is 0.136. The van der Waals surface area contributed by atoms with Gasteiger partial charge in [0.2, 0.25) is 5.78 Å². The maximum Gasteiger partial charge on any atom is 0.332 e. The van der Waals surface area contributed by atoms with Crippen LogP contribution in [0.15, 0.2) is 64.2 Å². The van der Waals surface area contributed by atoms with Crippen LogP contribution < -0.4 is 11.2 Å². The summed E-state index contributed by atoms with van der Waals surface area (Å²) in [6, 6.07) is 17.4. The van der Waals surface area contributed by atoms with Gasteiger partial charge in [-0.05, 0) is 25.1 Å². The van der Waals surface area contributed by atoms with E-state index >= 15 is 0 Å². The molecule has 150 valence electrons. The minimum atomic E-state index is -0.413. The maximum atomic E-state index is 13.0. The zero-order chi connectivity index (χ0) is 21.2. The van der Waals surface area contributed by atoms with Crippen LogP contribution in [0, 0.1) is 6.92 Å². The maximum absolute atomic E-state index is 13.0. The predicted octanol–water partition coefficient (Wildman–Crippen LogP) is 3.30. The minimum Gasteiger partial charge on any atom is -0.279 e. The van der Waals surface area contributed by atoms with Gasteiger partial charge in [0.25, 0.3) is 5.56 Å². The molecule has 0 aliphatic carbocycles. The number of nitrogens with zero attached hydrogens (tertiary/aromatic N) is 5. The molecule has 0 saturated heterocycles. The van der Waals surface area contributed by atoms with E-state index in [4.69, 9.17) is 16.6 Å². The lowest BCUT2D eigenvalue weighted by Gasteiger charge is -2.11.